The van der Waals surface area contributed by atoms with Gasteiger partial charge in [-0.1, -0.05) is 11.6 Å². The molecule has 0 radical (unpaired) electrons. The van der Waals surface area contributed by atoms with Crippen LogP contribution in [0.4, 0.5) is 14.5 Å². The molecule has 5 nitrogen and oxygen atoms in total. The van der Waals surface area contributed by atoms with Crippen LogP contribution in [0.15, 0.2) is 41.3 Å². The minimum Gasteiger partial charge on any atom is -0.452 e. The highest BCUT2D eigenvalue weighted by Crippen LogP contribution is 2.23. The Morgan fingerprint density at radius 2 is 2.04 bits per heavy atom. The molecule has 1 N–H and O–H groups in total. The zero-order valence-electron chi connectivity index (χ0n) is 14.0. The first-order valence-electron chi connectivity index (χ1n) is 7.58. The Kier molecular flexibility index (Phi) is 7.16. The highest BCUT2D eigenvalue weighted by Gasteiger charge is 2.19. The van der Waals surface area contributed by atoms with Crippen molar-refractivity contribution in [1.29, 1.82) is 5.26 Å². The molecule has 1 amide bonds. The number of esters is 1. The summed E-state index contributed by atoms with van der Waals surface area (Å²) in [5, 5.41) is 11.5. The number of anilines is 1. The number of carbonyl (C=O) groups is 2. The second-order valence-electron chi connectivity index (χ2n) is 5.29. The number of nitrogens with zero attached hydrogens (tertiary/aromatic N) is 1. The molecule has 0 saturated heterocycles. The molecule has 1 atom stereocenters. The number of thioether (sulfide) groups is 1. The van der Waals surface area contributed by atoms with Gasteiger partial charge in [0, 0.05) is 10.6 Å². The van der Waals surface area contributed by atoms with Gasteiger partial charge in [-0.05, 0) is 43.3 Å². The molecule has 2 aromatic rings. The van der Waals surface area contributed by atoms with Crippen molar-refractivity contribution in [3.8, 4) is 6.07 Å². The maximum absolute atomic E-state index is 13.5. The number of nitriles is 1. The fourth-order valence-corrected chi connectivity index (χ4v) is 2.90. The predicted octanol–water partition coefficient (Wildman–Crippen LogP) is 4.15. The minimum atomic E-state index is -1.12. The quantitative estimate of drug-likeness (QED) is 0.571. The van der Waals surface area contributed by atoms with E-state index in [0.29, 0.717) is 5.69 Å². The third kappa shape index (κ3) is 5.94. The average Bonchev–Trinajstić information content (AvgIpc) is 2.62. The van der Waals surface area contributed by atoms with Crippen LogP contribution in [-0.2, 0) is 14.3 Å². The van der Waals surface area contributed by atoms with Crippen molar-refractivity contribution < 1.29 is 23.1 Å². The lowest BCUT2D eigenvalue weighted by Gasteiger charge is -2.14. The predicted molar refractivity (Wildman–Crippen MR) is 97.4 cm³/mol. The van der Waals surface area contributed by atoms with Crippen molar-refractivity contribution in [2.75, 3.05) is 11.1 Å². The summed E-state index contributed by atoms with van der Waals surface area (Å²) >= 11 is 6.64. The molecule has 9 heteroatoms. The van der Waals surface area contributed by atoms with Crippen LogP contribution in [0.5, 0.6) is 0 Å². The van der Waals surface area contributed by atoms with Crippen LogP contribution in [-0.4, -0.2) is 23.7 Å². The molecule has 27 heavy (non-hydrogen) atoms. The van der Waals surface area contributed by atoms with Crippen LogP contribution in [0.25, 0.3) is 0 Å². The molecule has 0 bridgehead atoms. The number of rotatable bonds is 6. The van der Waals surface area contributed by atoms with E-state index >= 15 is 0 Å². The molecule has 0 unspecified atom stereocenters. The van der Waals surface area contributed by atoms with Crippen molar-refractivity contribution in [3.05, 3.63) is 58.6 Å². The molecule has 140 valence electrons. The van der Waals surface area contributed by atoms with E-state index < -0.39 is 29.6 Å². The summed E-state index contributed by atoms with van der Waals surface area (Å²) in [5.41, 5.74) is 0.596. The second kappa shape index (κ2) is 9.35. The standard InChI is InChI=1S/C18H13ClF2N2O3S/c1-10(18(25)23-13-4-2-11(8-22)14(19)7-13)26-17(24)9-27-16-6-12(20)3-5-15(16)21/h2-7,10H,9H2,1H3,(H,23,25)/t10-/m0/s1. The van der Waals surface area contributed by atoms with Gasteiger partial charge in [-0.15, -0.1) is 11.8 Å². The van der Waals surface area contributed by atoms with Crippen molar-refractivity contribution in [3.63, 3.8) is 0 Å². The molecule has 0 saturated carbocycles. The highest BCUT2D eigenvalue weighted by molar-refractivity contribution is 8.00. The molecular formula is C18H13ClF2N2O3S. The Balaban J connectivity index is 1.88. The van der Waals surface area contributed by atoms with Crippen LogP contribution in [0.3, 0.4) is 0 Å². The molecule has 0 heterocycles. The second-order valence-corrected chi connectivity index (χ2v) is 6.72. The van der Waals surface area contributed by atoms with E-state index in [2.05, 4.69) is 5.32 Å². The first-order valence-corrected chi connectivity index (χ1v) is 8.94. The van der Waals surface area contributed by atoms with E-state index in [0.717, 1.165) is 30.0 Å². The lowest BCUT2D eigenvalue weighted by molar-refractivity contribution is -0.150. The maximum atomic E-state index is 13.5. The number of carbonyl (C=O) groups excluding carboxylic acids is 2. The van der Waals surface area contributed by atoms with E-state index in [-0.39, 0.29) is 21.2 Å². The Morgan fingerprint density at radius 1 is 1.30 bits per heavy atom. The van der Waals surface area contributed by atoms with E-state index in [9.17, 15) is 18.4 Å². The lowest BCUT2D eigenvalue weighted by atomic mass is 10.2. The van der Waals surface area contributed by atoms with Crippen LogP contribution >= 0.6 is 23.4 Å². The summed E-state index contributed by atoms with van der Waals surface area (Å²) in [6.45, 7) is 1.37. The molecule has 0 fully saturated rings. The lowest BCUT2D eigenvalue weighted by Crippen LogP contribution is -2.30. The fraction of sp³-hybridized carbons (Fsp3) is 0.167. The normalized spacial score (nSPS) is 11.4. The van der Waals surface area contributed by atoms with Gasteiger partial charge >= 0.3 is 5.97 Å². The first kappa shape index (κ1) is 20.7. The van der Waals surface area contributed by atoms with Gasteiger partial charge in [-0.3, -0.25) is 9.59 Å². The van der Waals surface area contributed by atoms with E-state index in [4.69, 9.17) is 21.6 Å². The minimum absolute atomic E-state index is 0.0312. The third-order valence-corrected chi connectivity index (χ3v) is 4.59. The highest BCUT2D eigenvalue weighted by atomic mass is 35.5. The van der Waals surface area contributed by atoms with Gasteiger partial charge in [0.2, 0.25) is 0 Å². The van der Waals surface area contributed by atoms with Crippen LogP contribution < -0.4 is 5.32 Å². The van der Waals surface area contributed by atoms with Crippen LogP contribution in [0.2, 0.25) is 5.02 Å². The largest absolute Gasteiger partial charge is 0.452 e. The van der Waals surface area contributed by atoms with Crippen molar-refractivity contribution >= 4 is 40.9 Å². The summed E-state index contributed by atoms with van der Waals surface area (Å²) in [6, 6.07) is 9.12. The molecule has 0 aliphatic rings. The number of nitrogens with one attached hydrogen (secondary N) is 1. The number of hydrogen-bond donors (Lipinski definition) is 1. The number of amides is 1. The molecule has 0 aliphatic heterocycles. The molecule has 2 aromatic carbocycles. The van der Waals surface area contributed by atoms with Crippen molar-refractivity contribution in [2.24, 2.45) is 0 Å². The van der Waals surface area contributed by atoms with Crippen molar-refractivity contribution in [1.82, 2.24) is 0 Å². The van der Waals surface area contributed by atoms with E-state index in [1.807, 2.05) is 6.07 Å². The zero-order chi connectivity index (χ0) is 20.0. The molecule has 0 aromatic heterocycles. The number of halogens is 3. The maximum Gasteiger partial charge on any atom is 0.317 e. The summed E-state index contributed by atoms with van der Waals surface area (Å²) in [5.74, 6) is -2.94. The van der Waals surface area contributed by atoms with E-state index in [1.54, 1.807) is 0 Å². The molecular weight excluding hydrogens is 398 g/mol. The third-order valence-electron chi connectivity index (χ3n) is 3.27. The monoisotopic (exact) mass is 410 g/mol. The average molecular weight is 411 g/mol. The SMILES string of the molecule is C[C@H](OC(=O)CSc1cc(F)ccc1F)C(=O)Nc1ccc(C#N)c(Cl)c1. The Bertz CT molecular complexity index is 918. The van der Waals surface area contributed by atoms with Gasteiger partial charge in [0.15, 0.2) is 6.10 Å². The number of ether oxygens (including phenoxy) is 1. The van der Waals surface area contributed by atoms with Gasteiger partial charge in [0.1, 0.15) is 17.7 Å². The van der Waals surface area contributed by atoms with Gasteiger partial charge in [-0.25, -0.2) is 8.78 Å². The van der Waals surface area contributed by atoms with Gasteiger partial charge in [-0.2, -0.15) is 5.26 Å². The smallest absolute Gasteiger partial charge is 0.317 e. The Morgan fingerprint density at radius 3 is 2.70 bits per heavy atom. The Hall–Kier alpha value is -2.63. The molecule has 0 aliphatic carbocycles. The van der Waals surface area contributed by atoms with Gasteiger partial charge in [0.05, 0.1) is 16.3 Å². The Labute approximate surface area is 163 Å². The number of benzene rings is 2. The van der Waals surface area contributed by atoms with Gasteiger partial charge in [0.25, 0.3) is 5.91 Å². The molecule has 0 spiro atoms. The van der Waals surface area contributed by atoms with Crippen molar-refractivity contribution in [2.45, 2.75) is 17.9 Å². The first-order chi connectivity index (χ1) is 12.8. The summed E-state index contributed by atoms with van der Waals surface area (Å²) < 4.78 is 31.6. The summed E-state index contributed by atoms with van der Waals surface area (Å²) in [7, 11) is 0. The number of hydrogen-bond acceptors (Lipinski definition) is 5. The topological polar surface area (TPSA) is 79.2 Å². The zero-order valence-corrected chi connectivity index (χ0v) is 15.5. The van der Waals surface area contributed by atoms with Crippen LogP contribution in [0, 0.1) is 23.0 Å². The van der Waals surface area contributed by atoms with Crippen LogP contribution in [0.1, 0.15) is 12.5 Å². The summed E-state index contributed by atoms with van der Waals surface area (Å²) in [4.78, 5) is 23.9. The molecule has 2 rings (SSSR count). The fourth-order valence-electron chi connectivity index (χ4n) is 1.94. The van der Waals surface area contributed by atoms with E-state index in [1.165, 1.54) is 25.1 Å². The van der Waals surface area contributed by atoms with Gasteiger partial charge < -0.3 is 10.1 Å². The summed E-state index contributed by atoms with van der Waals surface area (Å²) in [6.07, 6.45) is -1.12.